The minimum Gasteiger partial charge on any atom is -0.481 e. The zero-order valence-corrected chi connectivity index (χ0v) is 9.47. The SMILES string of the molecule is CC(=O)O.Cn1ccc2cc(CN)ccc21. The second-order valence-electron chi connectivity index (χ2n) is 3.54. The van der Waals surface area contributed by atoms with Crippen LogP contribution in [0, 0.1) is 0 Å². The first kappa shape index (κ1) is 12.3. The molecular formula is C12H16N2O2. The Hall–Kier alpha value is -1.81. The summed E-state index contributed by atoms with van der Waals surface area (Å²) in [6, 6.07) is 8.42. The van der Waals surface area contributed by atoms with Crippen LogP contribution in [-0.2, 0) is 18.4 Å². The number of aromatic nitrogens is 1. The third-order valence-corrected chi connectivity index (χ3v) is 2.19. The molecule has 1 aromatic carbocycles. The number of carboxylic acid groups (broad SMARTS) is 1. The molecule has 16 heavy (non-hydrogen) atoms. The minimum absolute atomic E-state index is 0.616. The number of aliphatic carboxylic acids is 1. The predicted octanol–water partition coefficient (Wildman–Crippen LogP) is 1.73. The highest BCUT2D eigenvalue weighted by Gasteiger charge is 1.97. The van der Waals surface area contributed by atoms with E-state index in [-0.39, 0.29) is 0 Å². The van der Waals surface area contributed by atoms with Gasteiger partial charge in [0.2, 0.25) is 0 Å². The van der Waals surface area contributed by atoms with E-state index in [2.05, 4.69) is 35.0 Å². The average molecular weight is 220 g/mol. The Labute approximate surface area is 94.3 Å². The van der Waals surface area contributed by atoms with Gasteiger partial charge in [0.05, 0.1) is 0 Å². The Morgan fingerprint density at radius 3 is 2.62 bits per heavy atom. The Morgan fingerprint density at radius 1 is 1.44 bits per heavy atom. The highest BCUT2D eigenvalue weighted by atomic mass is 16.4. The van der Waals surface area contributed by atoms with E-state index in [0.717, 1.165) is 6.92 Å². The maximum Gasteiger partial charge on any atom is 0.300 e. The van der Waals surface area contributed by atoms with E-state index < -0.39 is 5.97 Å². The lowest BCUT2D eigenvalue weighted by atomic mass is 10.1. The molecule has 2 aromatic rings. The van der Waals surface area contributed by atoms with Gasteiger partial charge in [0.1, 0.15) is 0 Å². The standard InChI is InChI=1S/C10H12N2.C2H4O2/c1-12-5-4-9-6-8(7-11)2-3-10(9)12;1-2(3)4/h2-6H,7,11H2,1H3;1H3,(H,3,4). The number of aryl methyl sites for hydroxylation is 1. The number of fused-ring (bicyclic) bond motifs is 1. The highest BCUT2D eigenvalue weighted by molar-refractivity contribution is 5.80. The summed E-state index contributed by atoms with van der Waals surface area (Å²) in [6.07, 6.45) is 2.06. The van der Waals surface area contributed by atoms with E-state index in [1.807, 2.05) is 7.05 Å². The van der Waals surface area contributed by atoms with E-state index in [4.69, 9.17) is 15.6 Å². The zero-order chi connectivity index (χ0) is 12.1. The van der Waals surface area contributed by atoms with Gasteiger partial charge in [-0.15, -0.1) is 0 Å². The first-order valence-electron chi connectivity index (χ1n) is 4.98. The average Bonchev–Trinajstić information content (AvgIpc) is 2.59. The molecular weight excluding hydrogens is 204 g/mol. The van der Waals surface area contributed by atoms with Crippen LogP contribution in [0.2, 0.25) is 0 Å². The van der Waals surface area contributed by atoms with Gasteiger partial charge in [0.15, 0.2) is 0 Å². The zero-order valence-electron chi connectivity index (χ0n) is 9.47. The van der Waals surface area contributed by atoms with E-state index in [9.17, 15) is 0 Å². The lowest BCUT2D eigenvalue weighted by Gasteiger charge is -1.98. The fourth-order valence-corrected chi connectivity index (χ4v) is 1.46. The number of carboxylic acids is 1. The molecule has 0 bridgehead atoms. The molecule has 4 heteroatoms. The van der Waals surface area contributed by atoms with Gasteiger partial charge < -0.3 is 15.4 Å². The molecule has 1 heterocycles. The monoisotopic (exact) mass is 220 g/mol. The first-order chi connectivity index (χ1) is 7.54. The molecule has 0 fully saturated rings. The van der Waals surface area contributed by atoms with Gasteiger partial charge in [0, 0.05) is 32.2 Å². The molecule has 0 aliphatic heterocycles. The molecule has 0 aliphatic carbocycles. The Morgan fingerprint density at radius 2 is 2.06 bits per heavy atom. The molecule has 2 rings (SSSR count). The van der Waals surface area contributed by atoms with Crippen molar-refractivity contribution in [3.8, 4) is 0 Å². The second kappa shape index (κ2) is 5.32. The molecule has 0 amide bonds. The fourth-order valence-electron chi connectivity index (χ4n) is 1.46. The van der Waals surface area contributed by atoms with Crippen LogP contribution in [-0.4, -0.2) is 15.6 Å². The number of hydrogen-bond acceptors (Lipinski definition) is 2. The van der Waals surface area contributed by atoms with Crippen LogP contribution < -0.4 is 5.73 Å². The quantitative estimate of drug-likeness (QED) is 0.769. The number of carbonyl (C=O) groups is 1. The molecule has 0 aliphatic rings. The molecule has 86 valence electrons. The van der Waals surface area contributed by atoms with Crippen molar-refractivity contribution in [2.24, 2.45) is 12.8 Å². The van der Waals surface area contributed by atoms with E-state index >= 15 is 0 Å². The summed E-state index contributed by atoms with van der Waals surface area (Å²) in [5, 5.41) is 8.68. The molecule has 3 N–H and O–H groups in total. The summed E-state index contributed by atoms with van der Waals surface area (Å²) in [6.45, 7) is 1.70. The maximum absolute atomic E-state index is 9.00. The molecule has 0 atom stereocenters. The van der Waals surface area contributed by atoms with Gasteiger partial charge in [0.25, 0.3) is 5.97 Å². The number of nitrogens with two attached hydrogens (primary N) is 1. The van der Waals surface area contributed by atoms with Gasteiger partial charge in [-0.05, 0) is 29.1 Å². The van der Waals surface area contributed by atoms with Crippen LogP contribution in [0.25, 0.3) is 10.9 Å². The predicted molar refractivity (Wildman–Crippen MR) is 64.1 cm³/mol. The van der Waals surface area contributed by atoms with E-state index in [0.29, 0.717) is 6.54 Å². The van der Waals surface area contributed by atoms with Crippen LogP contribution in [0.4, 0.5) is 0 Å². The van der Waals surface area contributed by atoms with Gasteiger partial charge in [-0.1, -0.05) is 6.07 Å². The first-order valence-corrected chi connectivity index (χ1v) is 4.98. The molecule has 0 spiro atoms. The lowest BCUT2D eigenvalue weighted by molar-refractivity contribution is -0.134. The van der Waals surface area contributed by atoms with Gasteiger partial charge in [-0.3, -0.25) is 4.79 Å². The molecule has 0 radical (unpaired) electrons. The van der Waals surface area contributed by atoms with Crippen molar-refractivity contribution in [2.75, 3.05) is 0 Å². The van der Waals surface area contributed by atoms with Crippen molar-refractivity contribution in [3.05, 3.63) is 36.0 Å². The number of hydrogen-bond donors (Lipinski definition) is 2. The normalized spacial score (nSPS) is 9.69. The van der Waals surface area contributed by atoms with Crippen LogP contribution in [0.15, 0.2) is 30.5 Å². The number of benzene rings is 1. The van der Waals surface area contributed by atoms with Crippen molar-refractivity contribution in [1.29, 1.82) is 0 Å². The third-order valence-electron chi connectivity index (χ3n) is 2.19. The molecule has 0 unspecified atom stereocenters. The second-order valence-corrected chi connectivity index (χ2v) is 3.54. The molecule has 0 saturated heterocycles. The summed E-state index contributed by atoms with van der Waals surface area (Å²) in [5.74, 6) is -0.833. The number of nitrogens with zero attached hydrogens (tertiary/aromatic N) is 1. The smallest absolute Gasteiger partial charge is 0.300 e. The largest absolute Gasteiger partial charge is 0.481 e. The third kappa shape index (κ3) is 3.10. The lowest BCUT2D eigenvalue weighted by Crippen LogP contribution is -1.95. The van der Waals surface area contributed by atoms with Crippen LogP contribution in [0.5, 0.6) is 0 Å². The maximum atomic E-state index is 9.00. The van der Waals surface area contributed by atoms with E-state index in [1.165, 1.54) is 16.5 Å². The topological polar surface area (TPSA) is 68.2 Å². The van der Waals surface area contributed by atoms with Crippen molar-refractivity contribution in [1.82, 2.24) is 4.57 Å². The fraction of sp³-hybridized carbons (Fsp3) is 0.250. The molecule has 4 nitrogen and oxygen atoms in total. The summed E-state index contributed by atoms with van der Waals surface area (Å²) < 4.78 is 2.11. The Kier molecular flexibility index (Phi) is 4.08. The molecule has 1 aromatic heterocycles. The van der Waals surface area contributed by atoms with Crippen LogP contribution in [0.1, 0.15) is 12.5 Å². The van der Waals surface area contributed by atoms with Crippen molar-refractivity contribution >= 4 is 16.9 Å². The van der Waals surface area contributed by atoms with Crippen molar-refractivity contribution in [2.45, 2.75) is 13.5 Å². The van der Waals surface area contributed by atoms with Gasteiger partial charge in [-0.2, -0.15) is 0 Å². The minimum atomic E-state index is -0.833. The van der Waals surface area contributed by atoms with Crippen LogP contribution >= 0.6 is 0 Å². The highest BCUT2D eigenvalue weighted by Crippen LogP contribution is 2.15. The summed E-state index contributed by atoms with van der Waals surface area (Å²) in [4.78, 5) is 9.00. The van der Waals surface area contributed by atoms with Crippen molar-refractivity contribution in [3.63, 3.8) is 0 Å². The van der Waals surface area contributed by atoms with E-state index in [1.54, 1.807) is 0 Å². The summed E-state index contributed by atoms with van der Waals surface area (Å²) in [5.41, 5.74) is 7.99. The summed E-state index contributed by atoms with van der Waals surface area (Å²) >= 11 is 0. The summed E-state index contributed by atoms with van der Waals surface area (Å²) in [7, 11) is 2.05. The Balaban J connectivity index is 0.000000280. The van der Waals surface area contributed by atoms with Crippen molar-refractivity contribution < 1.29 is 9.90 Å². The number of rotatable bonds is 1. The molecule has 0 saturated carbocycles. The van der Waals surface area contributed by atoms with Crippen LogP contribution in [0.3, 0.4) is 0 Å². The van der Waals surface area contributed by atoms with Gasteiger partial charge in [-0.25, -0.2) is 0 Å². The van der Waals surface area contributed by atoms with Gasteiger partial charge >= 0.3 is 0 Å². The Bertz CT molecular complexity index is 485.